The van der Waals surface area contributed by atoms with Crippen molar-refractivity contribution in [1.82, 2.24) is 9.55 Å². The first-order valence-corrected chi connectivity index (χ1v) is 6.34. The summed E-state index contributed by atoms with van der Waals surface area (Å²) in [4.78, 5) is 35.5. The molecule has 9 nitrogen and oxygen atoms in total. The van der Waals surface area contributed by atoms with Crippen LogP contribution in [0.15, 0.2) is 15.8 Å². The maximum absolute atomic E-state index is 13.2. The van der Waals surface area contributed by atoms with Gasteiger partial charge < -0.3 is 20.3 Å². The molecule has 4 N–H and O–H groups in total. The molecule has 0 spiro atoms. The third kappa shape index (κ3) is 3.26. The standard InChI is InChI=1S/C11H13BFN3O6/c12-11(20,22-8(17)3-14)6-1-2-7(21-6)16-4-5(13)9(18)15-10(16)19/h4,6-7,20H,1-3,14H2,(H,15,18,19). The molecule has 11 heteroatoms. The fourth-order valence-corrected chi connectivity index (χ4v) is 2.09. The number of nitrogens with two attached hydrogens (primary N) is 1. The molecule has 0 aromatic carbocycles. The molecule has 1 fully saturated rings. The van der Waals surface area contributed by atoms with E-state index in [1.54, 1.807) is 4.98 Å². The van der Waals surface area contributed by atoms with Crippen molar-refractivity contribution in [2.24, 2.45) is 5.73 Å². The molecule has 0 amide bonds. The zero-order valence-corrected chi connectivity index (χ0v) is 11.3. The van der Waals surface area contributed by atoms with Gasteiger partial charge >= 0.3 is 11.7 Å². The SMILES string of the molecule is [B]C(O)(OC(=O)CN)C1CCC(n2cc(F)c(=O)[nH]c2=O)O1. The van der Waals surface area contributed by atoms with Crippen LogP contribution in [0.4, 0.5) is 4.39 Å². The number of ether oxygens (including phenoxy) is 2. The third-order valence-corrected chi connectivity index (χ3v) is 3.14. The van der Waals surface area contributed by atoms with Gasteiger partial charge in [-0.25, -0.2) is 4.79 Å². The number of hydrogen-bond acceptors (Lipinski definition) is 7. The van der Waals surface area contributed by atoms with Gasteiger partial charge in [0, 0.05) is 0 Å². The van der Waals surface area contributed by atoms with Gasteiger partial charge in [-0.2, -0.15) is 4.39 Å². The molecule has 22 heavy (non-hydrogen) atoms. The first kappa shape index (κ1) is 16.4. The molecule has 1 saturated heterocycles. The Morgan fingerprint density at radius 2 is 2.32 bits per heavy atom. The smallest absolute Gasteiger partial charge is 0.330 e. The molecule has 118 valence electrons. The van der Waals surface area contributed by atoms with E-state index in [0.29, 0.717) is 6.20 Å². The maximum Gasteiger partial charge on any atom is 0.330 e. The van der Waals surface area contributed by atoms with Gasteiger partial charge in [0.15, 0.2) is 13.5 Å². The monoisotopic (exact) mass is 313 g/mol. The molecule has 1 aromatic rings. The Balaban J connectivity index is 2.16. The van der Waals surface area contributed by atoms with E-state index in [9.17, 15) is 23.9 Å². The number of halogens is 1. The second kappa shape index (κ2) is 6.03. The number of aromatic amines is 1. The molecule has 0 bridgehead atoms. The highest BCUT2D eigenvalue weighted by Crippen LogP contribution is 2.32. The van der Waals surface area contributed by atoms with E-state index < -0.39 is 47.6 Å². The van der Waals surface area contributed by atoms with Gasteiger partial charge in [0.1, 0.15) is 12.3 Å². The van der Waals surface area contributed by atoms with E-state index in [2.05, 4.69) is 4.74 Å². The van der Waals surface area contributed by atoms with E-state index in [1.807, 2.05) is 0 Å². The van der Waals surface area contributed by atoms with Crippen LogP contribution < -0.4 is 17.0 Å². The summed E-state index contributed by atoms with van der Waals surface area (Å²) in [6.45, 7) is -0.486. The number of nitrogens with one attached hydrogen (secondary N) is 1. The fourth-order valence-electron chi connectivity index (χ4n) is 2.09. The highest BCUT2D eigenvalue weighted by Gasteiger charge is 2.42. The number of nitrogens with zero attached hydrogens (tertiary/aromatic N) is 1. The minimum absolute atomic E-state index is 0.128. The lowest BCUT2D eigenvalue weighted by atomic mass is 9.87. The molecule has 1 aliphatic heterocycles. The van der Waals surface area contributed by atoms with Crippen LogP contribution >= 0.6 is 0 Å². The molecule has 2 rings (SSSR count). The quantitative estimate of drug-likeness (QED) is 0.322. The molecule has 3 unspecified atom stereocenters. The Morgan fingerprint density at radius 3 is 2.95 bits per heavy atom. The van der Waals surface area contributed by atoms with Crippen molar-refractivity contribution in [3.05, 3.63) is 32.9 Å². The van der Waals surface area contributed by atoms with E-state index in [0.717, 1.165) is 4.57 Å². The predicted molar refractivity (Wildman–Crippen MR) is 70.3 cm³/mol. The van der Waals surface area contributed by atoms with Crippen LogP contribution in [0.1, 0.15) is 19.1 Å². The molecule has 0 saturated carbocycles. The predicted octanol–water partition coefficient (Wildman–Crippen LogP) is -2.33. The fraction of sp³-hybridized carbons (Fsp3) is 0.545. The normalized spacial score (nSPS) is 24.0. The van der Waals surface area contributed by atoms with Gasteiger partial charge in [-0.15, -0.1) is 0 Å². The van der Waals surface area contributed by atoms with Crippen molar-refractivity contribution in [3.63, 3.8) is 0 Å². The van der Waals surface area contributed by atoms with Gasteiger partial charge in [0.25, 0.3) is 5.56 Å². The lowest BCUT2D eigenvalue weighted by Crippen LogP contribution is -2.48. The number of H-pyrrole nitrogens is 1. The Labute approximate surface area is 124 Å². The maximum atomic E-state index is 13.2. The summed E-state index contributed by atoms with van der Waals surface area (Å²) in [5.74, 6) is -2.10. The van der Waals surface area contributed by atoms with Crippen LogP contribution in [0.25, 0.3) is 0 Å². The summed E-state index contributed by atoms with van der Waals surface area (Å²) in [7, 11) is 5.44. The lowest BCUT2D eigenvalue weighted by Gasteiger charge is -2.30. The topological polar surface area (TPSA) is 137 Å². The summed E-state index contributed by atoms with van der Waals surface area (Å²) in [5, 5.41) is 9.88. The number of aromatic nitrogens is 2. The van der Waals surface area contributed by atoms with Crippen molar-refractivity contribution >= 4 is 13.8 Å². The first-order chi connectivity index (χ1) is 10.2. The van der Waals surface area contributed by atoms with Gasteiger partial charge in [0.2, 0.25) is 5.82 Å². The Bertz CT molecular complexity index is 687. The number of esters is 1. The third-order valence-electron chi connectivity index (χ3n) is 3.14. The average molecular weight is 313 g/mol. The molecule has 2 radical (unpaired) electrons. The van der Waals surface area contributed by atoms with Crippen molar-refractivity contribution < 1.29 is 23.8 Å². The van der Waals surface area contributed by atoms with Gasteiger partial charge in [-0.05, 0) is 12.8 Å². The summed E-state index contributed by atoms with van der Waals surface area (Å²) in [5.41, 5.74) is 0.581. The highest BCUT2D eigenvalue weighted by atomic mass is 19.1. The second-order valence-corrected chi connectivity index (χ2v) is 4.73. The number of rotatable bonds is 4. The molecule has 2 heterocycles. The van der Waals surface area contributed by atoms with E-state index >= 15 is 0 Å². The van der Waals surface area contributed by atoms with E-state index in [4.69, 9.17) is 18.3 Å². The number of aliphatic hydroxyl groups is 1. The largest absolute Gasteiger partial charge is 0.440 e. The molecular formula is C11H13BFN3O6. The lowest BCUT2D eigenvalue weighted by molar-refractivity contribution is -0.214. The number of carbonyl (C=O) groups excluding carboxylic acids is 1. The van der Waals surface area contributed by atoms with Gasteiger partial charge in [-0.3, -0.25) is 19.1 Å². The van der Waals surface area contributed by atoms with Crippen LogP contribution in [0, 0.1) is 5.82 Å². The van der Waals surface area contributed by atoms with Crippen LogP contribution in [-0.2, 0) is 14.3 Å². The van der Waals surface area contributed by atoms with E-state index in [1.165, 1.54) is 0 Å². The molecule has 1 aliphatic rings. The number of carbonyl (C=O) groups is 1. The van der Waals surface area contributed by atoms with Gasteiger partial charge in [-0.1, -0.05) is 0 Å². The minimum atomic E-state index is -2.43. The molecule has 0 aliphatic carbocycles. The first-order valence-electron chi connectivity index (χ1n) is 6.34. The van der Waals surface area contributed by atoms with Crippen LogP contribution in [0.2, 0.25) is 0 Å². The van der Waals surface area contributed by atoms with Crippen molar-refractivity contribution in [2.45, 2.75) is 30.9 Å². The van der Waals surface area contributed by atoms with E-state index in [-0.39, 0.29) is 12.8 Å². The summed E-state index contributed by atoms with van der Waals surface area (Å²) >= 11 is 0. The molecular weight excluding hydrogens is 300 g/mol. The molecule has 3 atom stereocenters. The highest BCUT2D eigenvalue weighted by molar-refractivity contribution is 6.14. The van der Waals surface area contributed by atoms with Crippen molar-refractivity contribution in [1.29, 1.82) is 0 Å². The van der Waals surface area contributed by atoms with Crippen molar-refractivity contribution in [2.75, 3.05) is 6.54 Å². The minimum Gasteiger partial charge on any atom is -0.440 e. The number of hydrogen-bond donors (Lipinski definition) is 3. The van der Waals surface area contributed by atoms with Crippen LogP contribution in [0.5, 0.6) is 0 Å². The summed E-state index contributed by atoms with van der Waals surface area (Å²) in [6, 6.07) is 0. The second-order valence-electron chi connectivity index (χ2n) is 4.73. The Hall–Kier alpha value is -1.98. The Kier molecular flexibility index (Phi) is 4.49. The van der Waals surface area contributed by atoms with Gasteiger partial charge in [0.05, 0.1) is 12.7 Å². The van der Waals surface area contributed by atoms with Crippen LogP contribution in [0.3, 0.4) is 0 Å². The van der Waals surface area contributed by atoms with Crippen molar-refractivity contribution in [3.8, 4) is 0 Å². The summed E-state index contributed by atoms with van der Waals surface area (Å²) in [6.07, 6.45) is -1.13. The average Bonchev–Trinajstić information content (AvgIpc) is 2.92. The van der Waals surface area contributed by atoms with Crippen LogP contribution in [-0.4, -0.2) is 46.8 Å². The summed E-state index contributed by atoms with van der Waals surface area (Å²) < 4.78 is 23.9. The zero-order valence-electron chi connectivity index (χ0n) is 11.3. The zero-order chi connectivity index (χ0) is 16.5. The molecule has 1 aromatic heterocycles. The Morgan fingerprint density at radius 1 is 1.64 bits per heavy atom.